The Kier molecular flexibility index (Phi) is 2.58. The van der Waals surface area contributed by atoms with E-state index in [4.69, 9.17) is 10.5 Å². The SMILES string of the molecule is CCC1CC=C(N)C=C1OC. The van der Waals surface area contributed by atoms with Crippen LogP contribution in [0.15, 0.2) is 23.6 Å². The molecular formula is C9H15NO. The Morgan fingerprint density at radius 1 is 1.73 bits per heavy atom. The highest BCUT2D eigenvalue weighted by Gasteiger charge is 2.15. The molecule has 1 rings (SSSR count). The third kappa shape index (κ3) is 1.76. The van der Waals surface area contributed by atoms with E-state index in [2.05, 4.69) is 13.0 Å². The monoisotopic (exact) mass is 153 g/mol. The maximum absolute atomic E-state index is 5.62. The van der Waals surface area contributed by atoms with Gasteiger partial charge in [-0.1, -0.05) is 13.0 Å². The van der Waals surface area contributed by atoms with E-state index in [9.17, 15) is 0 Å². The lowest BCUT2D eigenvalue weighted by Gasteiger charge is -2.19. The van der Waals surface area contributed by atoms with Gasteiger partial charge in [0.25, 0.3) is 0 Å². The summed E-state index contributed by atoms with van der Waals surface area (Å²) in [6, 6.07) is 0. The maximum Gasteiger partial charge on any atom is 0.101 e. The fraction of sp³-hybridized carbons (Fsp3) is 0.556. The third-order valence-corrected chi connectivity index (χ3v) is 2.08. The molecule has 2 nitrogen and oxygen atoms in total. The first-order valence-electron chi connectivity index (χ1n) is 3.99. The van der Waals surface area contributed by atoms with Gasteiger partial charge in [-0.05, 0) is 18.9 Å². The van der Waals surface area contributed by atoms with E-state index in [0.29, 0.717) is 5.92 Å². The van der Waals surface area contributed by atoms with Crippen LogP contribution in [0, 0.1) is 5.92 Å². The molecule has 0 aromatic heterocycles. The molecule has 0 fully saturated rings. The predicted molar refractivity (Wildman–Crippen MR) is 45.8 cm³/mol. The Labute approximate surface area is 67.7 Å². The molecule has 1 aliphatic rings. The van der Waals surface area contributed by atoms with Crippen LogP contribution >= 0.6 is 0 Å². The summed E-state index contributed by atoms with van der Waals surface area (Å²) in [6.07, 6.45) is 6.10. The first-order valence-corrected chi connectivity index (χ1v) is 3.99. The maximum atomic E-state index is 5.62. The van der Waals surface area contributed by atoms with Crippen molar-refractivity contribution in [2.45, 2.75) is 19.8 Å². The summed E-state index contributed by atoms with van der Waals surface area (Å²) in [4.78, 5) is 0. The molecule has 0 heterocycles. The van der Waals surface area contributed by atoms with Crippen LogP contribution in [0.25, 0.3) is 0 Å². The molecule has 0 aliphatic heterocycles. The Morgan fingerprint density at radius 2 is 2.45 bits per heavy atom. The van der Waals surface area contributed by atoms with Crippen molar-refractivity contribution in [3.8, 4) is 0 Å². The second kappa shape index (κ2) is 3.46. The van der Waals surface area contributed by atoms with Gasteiger partial charge in [-0.2, -0.15) is 0 Å². The molecular weight excluding hydrogens is 138 g/mol. The average Bonchev–Trinajstić information content (AvgIpc) is 2.04. The van der Waals surface area contributed by atoms with Crippen molar-refractivity contribution in [3.05, 3.63) is 23.6 Å². The topological polar surface area (TPSA) is 35.2 Å². The highest BCUT2D eigenvalue weighted by Crippen LogP contribution is 2.25. The number of methoxy groups -OCH3 is 1. The number of ether oxygens (including phenoxy) is 1. The molecule has 0 aromatic rings. The molecule has 62 valence electrons. The minimum Gasteiger partial charge on any atom is -0.501 e. The van der Waals surface area contributed by atoms with E-state index in [1.807, 2.05) is 6.08 Å². The van der Waals surface area contributed by atoms with Gasteiger partial charge in [0.1, 0.15) is 5.76 Å². The molecule has 0 saturated heterocycles. The highest BCUT2D eigenvalue weighted by atomic mass is 16.5. The van der Waals surface area contributed by atoms with E-state index in [-0.39, 0.29) is 0 Å². The van der Waals surface area contributed by atoms with E-state index >= 15 is 0 Å². The molecule has 0 aromatic carbocycles. The Bertz CT molecular complexity index is 194. The fourth-order valence-corrected chi connectivity index (χ4v) is 1.33. The van der Waals surface area contributed by atoms with Crippen molar-refractivity contribution >= 4 is 0 Å². The molecule has 0 amide bonds. The molecule has 2 heteroatoms. The molecule has 11 heavy (non-hydrogen) atoms. The van der Waals surface area contributed by atoms with Gasteiger partial charge in [-0.15, -0.1) is 0 Å². The molecule has 0 saturated carbocycles. The second-order valence-corrected chi connectivity index (χ2v) is 2.80. The molecule has 2 N–H and O–H groups in total. The van der Waals surface area contributed by atoms with E-state index in [1.165, 1.54) is 0 Å². The van der Waals surface area contributed by atoms with Crippen LogP contribution in [0.2, 0.25) is 0 Å². The Morgan fingerprint density at radius 3 is 3.00 bits per heavy atom. The van der Waals surface area contributed by atoms with E-state index in [0.717, 1.165) is 24.3 Å². The van der Waals surface area contributed by atoms with Crippen molar-refractivity contribution in [1.82, 2.24) is 0 Å². The second-order valence-electron chi connectivity index (χ2n) is 2.80. The molecule has 0 bridgehead atoms. The Hall–Kier alpha value is -0.920. The number of rotatable bonds is 2. The van der Waals surface area contributed by atoms with Gasteiger partial charge in [-0.25, -0.2) is 0 Å². The smallest absolute Gasteiger partial charge is 0.101 e. The van der Waals surface area contributed by atoms with Crippen LogP contribution in [0.1, 0.15) is 19.8 Å². The minimum atomic E-state index is 0.535. The van der Waals surface area contributed by atoms with Gasteiger partial charge in [-0.3, -0.25) is 0 Å². The van der Waals surface area contributed by atoms with Gasteiger partial charge in [0, 0.05) is 11.6 Å². The standard InChI is InChI=1S/C9H15NO/c1-3-7-4-5-8(10)6-9(7)11-2/h5-7H,3-4,10H2,1-2H3. The quantitative estimate of drug-likeness (QED) is 0.656. The van der Waals surface area contributed by atoms with Crippen LogP contribution in [0.3, 0.4) is 0 Å². The van der Waals surface area contributed by atoms with Gasteiger partial charge in [0.2, 0.25) is 0 Å². The lowest BCUT2D eigenvalue weighted by Crippen LogP contribution is -2.11. The molecule has 1 atom stereocenters. The first kappa shape index (κ1) is 8.18. The van der Waals surface area contributed by atoms with Crippen LogP contribution < -0.4 is 5.73 Å². The van der Waals surface area contributed by atoms with Crippen LogP contribution in [0.5, 0.6) is 0 Å². The predicted octanol–water partition coefficient (Wildman–Crippen LogP) is 1.79. The summed E-state index contributed by atoms with van der Waals surface area (Å²) in [5.41, 5.74) is 6.45. The van der Waals surface area contributed by atoms with Crippen molar-refractivity contribution in [2.75, 3.05) is 7.11 Å². The number of hydrogen-bond donors (Lipinski definition) is 1. The summed E-state index contributed by atoms with van der Waals surface area (Å²) >= 11 is 0. The van der Waals surface area contributed by atoms with Crippen molar-refractivity contribution in [1.29, 1.82) is 0 Å². The number of nitrogens with two attached hydrogens (primary N) is 1. The number of allylic oxidation sites excluding steroid dienone is 3. The van der Waals surface area contributed by atoms with E-state index in [1.54, 1.807) is 7.11 Å². The van der Waals surface area contributed by atoms with Gasteiger partial charge < -0.3 is 10.5 Å². The average molecular weight is 153 g/mol. The molecule has 1 aliphatic carbocycles. The van der Waals surface area contributed by atoms with Crippen LogP contribution in [0.4, 0.5) is 0 Å². The zero-order valence-electron chi connectivity index (χ0n) is 7.13. The zero-order chi connectivity index (χ0) is 8.27. The summed E-state index contributed by atoms with van der Waals surface area (Å²) in [5, 5.41) is 0. The largest absolute Gasteiger partial charge is 0.501 e. The lowest BCUT2D eigenvalue weighted by molar-refractivity contribution is 0.235. The van der Waals surface area contributed by atoms with Gasteiger partial charge in [0.05, 0.1) is 7.11 Å². The minimum absolute atomic E-state index is 0.535. The lowest BCUT2D eigenvalue weighted by atomic mass is 9.95. The third-order valence-electron chi connectivity index (χ3n) is 2.08. The van der Waals surface area contributed by atoms with E-state index < -0.39 is 0 Å². The Balaban J connectivity index is 2.71. The summed E-state index contributed by atoms with van der Waals surface area (Å²) in [5.74, 6) is 1.56. The van der Waals surface area contributed by atoms with Crippen molar-refractivity contribution < 1.29 is 4.74 Å². The fourth-order valence-electron chi connectivity index (χ4n) is 1.33. The van der Waals surface area contributed by atoms with Crippen molar-refractivity contribution in [2.24, 2.45) is 11.7 Å². The normalized spacial score (nSPS) is 24.0. The molecule has 0 spiro atoms. The van der Waals surface area contributed by atoms with Gasteiger partial charge >= 0.3 is 0 Å². The summed E-state index contributed by atoms with van der Waals surface area (Å²) < 4.78 is 5.21. The van der Waals surface area contributed by atoms with Crippen LogP contribution in [-0.2, 0) is 4.74 Å². The number of hydrogen-bond acceptors (Lipinski definition) is 2. The molecule has 1 unspecified atom stereocenters. The zero-order valence-corrected chi connectivity index (χ0v) is 7.13. The van der Waals surface area contributed by atoms with Crippen LogP contribution in [-0.4, -0.2) is 7.11 Å². The van der Waals surface area contributed by atoms with Crippen molar-refractivity contribution in [3.63, 3.8) is 0 Å². The molecule has 0 radical (unpaired) electrons. The first-order chi connectivity index (χ1) is 5.27. The summed E-state index contributed by atoms with van der Waals surface area (Å²) in [7, 11) is 1.70. The van der Waals surface area contributed by atoms with Gasteiger partial charge in [0.15, 0.2) is 0 Å². The summed E-state index contributed by atoms with van der Waals surface area (Å²) in [6.45, 7) is 2.16. The highest BCUT2D eigenvalue weighted by molar-refractivity contribution is 5.24.